The fourth-order valence-corrected chi connectivity index (χ4v) is 3.48. The summed E-state index contributed by atoms with van der Waals surface area (Å²) < 4.78 is 6.58. The van der Waals surface area contributed by atoms with Gasteiger partial charge in [-0.05, 0) is 64.3 Å². The zero-order valence-corrected chi connectivity index (χ0v) is 16.0. The first kappa shape index (κ1) is 18.3. The van der Waals surface area contributed by atoms with E-state index in [9.17, 15) is 4.79 Å². The Kier molecular flexibility index (Phi) is 6.09. The van der Waals surface area contributed by atoms with Crippen LogP contribution >= 0.6 is 15.9 Å². The third-order valence-electron chi connectivity index (χ3n) is 4.16. The molecule has 1 heterocycles. The van der Waals surface area contributed by atoms with E-state index in [1.165, 1.54) is 5.56 Å². The molecule has 1 aliphatic heterocycles. The molecule has 128 valence electrons. The number of amides is 1. The van der Waals surface area contributed by atoms with E-state index in [2.05, 4.69) is 39.4 Å². The van der Waals surface area contributed by atoms with Gasteiger partial charge in [0, 0.05) is 23.6 Å². The average molecular weight is 383 g/mol. The largest absolute Gasteiger partial charge is 0.444 e. The molecule has 1 aromatic rings. The van der Waals surface area contributed by atoms with E-state index in [1.54, 1.807) is 0 Å². The summed E-state index contributed by atoms with van der Waals surface area (Å²) in [6.07, 6.45) is 1.78. The van der Waals surface area contributed by atoms with Crippen LogP contribution in [0.15, 0.2) is 28.7 Å². The molecule has 0 spiro atoms. The summed E-state index contributed by atoms with van der Waals surface area (Å²) >= 11 is 3.52. The van der Waals surface area contributed by atoms with Crippen molar-refractivity contribution in [3.05, 3.63) is 34.3 Å². The van der Waals surface area contributed by atoms with Gasteiger partial charge in [-0.25, -0.2) is 4.79 Å². The fourth-order valence-electron chi connectivity index (χ4n) is 3.03. The van der Waals surface area contributed by atoms with Gasteiger partial charge in [-0.2, -0.15) is 0 Å². The topological polar surface area (TPSA) is 41.6 Å². The number of halogens is 1. The predicted molar refractivity (Wildman–Crippen MR) is 96.6 cm³/mol. The van der Waals surface area contributed by atoms with Crippen molar-refractivity contribution in [3.63, 3.8) is 0 Å². The number of nitrogens with one attached hydrogen (secondary N) is 1. The molecule has 4 nitrogen and oxygen atoms in total. The number of likely N-dealkylation sites (N-methyl/N-ethyl adjacent to an activating group) is 1. The molecule has 23 heavy (non-hydrogen) atoms. The molecule has 0 radical (unpaired) electrons. The number of likely N-dealkylation sites (tertiary alicyclic amines) is 1. The lowest BCUT2D eigenvalue weighted by atomic mass is 9.93. The summed E-state index contributed by atoms with van der Waals surface area (Å²) in [5.41, 5.74) is 0.864. The monoisotopic (exact) mass is 382 g/mol. The van der Waals surface area contributed by atoms with Crippen LogP contribution in [-0.4, -0.2) is 42.8 Å². The summed E-state index contributed by atoms with van der Waals surface area (Å²) in [5.74, 6) is 0.450. The summed E-state index contributed by atoms with van der Waals surface area (Å²) in [4.78, 5) is 14.0. The quantitative estimate of drug-likeness (QED) is 0.859. The molecule has 2 atom stereocenters. The lowest BCUT2D eigenvalue weighted by molar-refractivity contribution is 0.0285. The maximum atomic E-state index is 12.2. The van der Waals surface area contributed by atoms with Gasteiger partial charge in [0.2, 0.25) is 0 Å². The normalized spacial score (nSPS) is 19.7. The Bertz CT molecular complexity index is 542. The number of nitrogens with zero attached hydrogens (tertiary/aromatic N) is 1. The highest BCUT2D eigenvalue weighted by molar-refractivity contribution is 9.10. The number of rotatable bonds is 4. The van der Waals surface area contributed by atoms with E-state index in [-0.39, 0.29) is 6.09 Å². The highest BCUT2D eigenvalue weighted by Gasteiger charge is 2.33. The summed E-state index contributed by atoms with van der Waals surface area (Å²) in [5, 5.41) is 3.43. The van der Waals surface area contributed by atoms with Gasteiger partial charge in [-0.1, -0.05) is 28.1 Å². The molecular weight excluding hydrogens is 356 g/mol. The second kappa shape index (κ2) is 7.67. The molecule has 1 saturated heterocycles. The molecule has 0 saturated carbocycles. The van der Waals surface area contributed by atoms with Crippen LogP contribution in [0.2, 0.25) is 0 Å². The van der Waals surface area contributed by atoms with Crippen molar-refractivity contribution >= 4 is 22.0 Å². The Balaban J connectivity index is 1.94. The minimum absolute atomic E-state index is 0.197. The van der Waals surface area contributed by atoms with Gasteiger partial charge >= 0.3 is 6.09 Å². The van der Waals surface area contributed by atoms with Gasteiger partial charge in [0.25, 0.3) is 0 Å². The standard InChI is InChI=1S/C18H27BrN2O2/c1-18(2,3)23-17(22)21-9-8-14(12-21)16(20-4)11-13-6-5-7-15(19)10-13/h5-7,10,14,16,20H,8-9,11-12H2,1-4H3. The number of carbonyl (C=O) groups is 1. The molecule has 5 heteroatoms. The van der Waals surface area contributed by atoms with Crippen LogP contribution in [0.4, 0.5) is 4.79 Å². The zero-order valence-electron chi connectivity index (χ0n) is 14.4. The maximum absolute atomic E-state index is 12.2. The van der Waals surface area contributed by atoms with E-state index in [1.807, 2.05) is 38.8 Å². The zero-order chi connectivity index (χ0) is 17.0. The third kappa shape index (κ3) is 5.50. The van der Waals surface area contributed by atoms with Crippen LogP contribution in [0.1, 0.15) is 32.8 Å². The van der Waals surface area contributed by atoms with Crippen molar-refractivity contribution < 1.29 is 9.53 Å². The average Bonchev–Trinajstić information content (AvgIpc) is 2.93. The van der Waals surface area contributed by atoms with Gasteiger partial charge in [-0.3, -0.25) is 0 Å². The number of hydrogen-bond donors (Lipinski definition) is 1. The summed E-state index contributed by atoms with van der Waals surface area (Å²) in [6.45, 7) is 7.25. The van der Waals surface area contributed by atoms with Gasteiger partial charge in [0.1, 0.15) is 5.60 Å². The second-order valence-electron chi connectivity index (χ2n) is 7.20. The van der Waals surface area contributed by atoms with Crippen LogP contribution < -0.4 is 5.32 Å². The molecule has 0 aromatic heterocycles. The fraction of sp³-hybridized carbons (Fsp3) is 0.611. The van der Waals surface area contributed by atoms with E-state index in [0.717, 1.165) is 30.4 Å². The van der Waals surface area contributed by atoms with Crippen LogP contribution in [0, 0.1) is 5.92 Å². The molecule has 2 unspecified atom stereocenters. The number of ether oxygens (including phenoxy) is 1. The predicted octanol–water partition coefficient (Wildman–Crippen LogP) is 3.84. The van der Waals surface area contributed by atoms with E-state index < -0.39 is 5.60 Å². The first-order valence-electron chi connectivity index (χ1n) is 8.18. The maximum Gasteiger partial charge on any atom is 0.410 e. The van der Waals surface area contributed by atoms with Gasteiger partial charge < -0.3 is 15.0 Å². The summed E-state index contributed by atoms with van der Waals surface area (Å²) in [7, 11) is 2.00. The third-order valence-corrected chi connectivity index (χ3v) is 4.65. The van der Waals surface area contributed by atoms with E-state index in [0.29, 0.717) is 12.0 Å². The van der Waals surface area contributed by atoms with Crippen molar-refractivity contribution in [1.29, 1.82) is 0 Å². The molecule has 0 bridgehead atoms. The Morgan fingerprint density at radius 1 is 1.48 bits per heavy atom. The number of hydrogen-bond acceptors (Lipinski definition) is 3. The Labute approximate surface area is 147 Å². The Hall–Kier alpha value is -1.07. The van der Waals surface area contributed by atoms with Crippen LogP contribution in [0.5, 0.6) is 0 Å². The van der Waals surface area contributed by atoms with Crippen molar-refractivity contribution in [2.24, 2.45) is 5.92 Å². The van der Waals surface area contributed by atoms with Crippen LogP contribution in [0.3, 0.4) is 0 Å². The van der Waals surface area contributed by atoms with Crippen molar-refractivity contribution in [3.8, 4) is 0 Å². The molecule has 1 amide bonds. The summed E-state index contributed by atoms with van der Waals surface area (Å²) in [6, 6.07) is 8.77. The minimum Gasteiger partial charge on any atom is -0.444 e. The Morgan fingerprint density at radius 3 is 2.83 bits per heavy atom. The molecule has 1 aliphatic rings. The lowest BCUT2D eigenvalue weighted by Crippen LogP contribution is -2.39. The van der Waals surface area contributed by atoms with Gasteiger partial charge in [0.15, 0.2) is 0 Å². The molecule has 1 N–H and O–H groups in total. The SMILES string of the molecule is CNC(Cc1cccc(Br)c1)C1CCN(C(=O)OC(C)(C)C)C1. The molecular formula is C18H27BrN2O2. The number of benzene rings is 1. The highest BCUT2D eigenvalue weighted by Crippen LogP contribution is 2.24. The van der Waals surface area contributed by atoms with E-state index >= 15 is 0 Å². The van der Waals surface area contributed by atoms with Gasteiger partial charge in [-0.15, -0.1) is 0 Å². The molecule has 1 aromatic carbocycles. The highest BCUT2D eigenvalue weighted by atomic mass is 79.9. The van der Waals surface area contributed by atoms with Crippen molar-refractivity contribution in [2.45, 2.75) is 45.3 Å². The van der Waals surface area contributed by atoms with Crippen molar-refractivity contribution in [1.82, 2.24) is 10.2 Å². The van der Waals surface area contributed by atoms with E-state index in [4.69, 9.17) is 4.74 Å². The molecule has 0 aliphatic carbocycles. The first-order chi connectivity index (χ1) is 10.8. The minimum atomic E-state index is -0.437. The number of carbonyl (C=O) groups excluding carboxylic acids is 1. The first-order valence-corrected chi connectivity index (χ1v) is 8.97. The van der Waals surface area contributed by atoms with Gasteiger partial charge in [0.05, 0.1) is 0 Å². The van der Waals surface area contributed by atoms with Crippen molar-refractivity contribution in [2.75, 3.05) is 20.1 Å². The smallest absolute Gasteiger partial charge is 0.410 e. The molecule has 1 fully saturated rings. The van der Waals surface area contributed by atoms with Crippen LogP contribution in [-0.2, 0) is 11.2 Å². The molecule has 2 rings (SSSR count). The lowest BCUT2D eigenvalue weighted by Gasteiger charge is -2.26. The Morgan fingerprint density at radius 2 is 2.22 bits per heavy atom. The van der Waals surface area contributed by atoms with Crippen LogP contribution in [0.25, 0.3) is 0 Å². The second-order valence-corrected chi connectivity index (χ2v) is 8.12.